The topological polar surface area (TPSA) is 75.7 Å². The molecule has 6 nitrogen and oxygen atoms in total. The molecule has 2 heterocycles. The number of hydrogen-bond donors (Lipinski definition) is 1. The third-order valence-corrected chi connectivity index (χ3v) is 4.17. The highest BCUT2D eigenvalue weighted by Crippen LogP contribution is 2.38. The number of ether oxygens (including phenoxy) is 1. The number of likely N-dealkylation sites (tertiary alicyclic amines) is 1. The second kappa shape index (κ2) is 5.66. The van der Waals surface area contributed by atoms with Crippen LogP contribution < -0.4 is 5.32 Å². The summed E-state index contributed by atoms with van der Waals surface area (Å²) in [7, 11) is 0. The van der Waals surface area contributed by atoms with Gasteiger partial charge in [0.15, 0.2) is 0 Å². The van der Waals surface area contributed by atoms with E-state index < -0.39 is 11.0 Å². The molecule has 3 amide bonds. The Morgan fingerprint density at radius 2 is 1.81 bits per heavy atom. The highest BCUT2D eigenvalue weighted by Gasteiger charge is 2.44. The molecule has 1 spiro atoms. The summed E-state index contributed by atoms with van der Waals surface area (Å²) in [5, 5.41) is 2.47. The van der Waals surface area contributed by atoms with Crippen molar-refractivity contribution in [1.29, 1.82) is 0 Å². The lowest BCUT2D eigenvalue weighted by molar-refractivity contribution is -0.137. The summed E-state index contributed by atoms with van der Waals surface area (Å²) in [4.78, 5) is 37.4. The van der Waals surface area contributed by atoms with Crippen LogP contribution in [-0.2, 0) is 14.3 Å². The van der Waals surface area contributed by atoms with Gasteiger partial charge in [-0.2, -0.15) is 0 Å². The largest absolute Gasteiger partial charge is 0.444 e. The Balaban J connectivity index is 1.97. The number of hydrogen-bond acceptors (Lipinski definition) is 4. The third kappa shape index (κ3) is 3.74. The Hall–Kier alpha value is -1.59. The molecular weight excluding hydrogens is 272 g/mol. The zero-order valence-corrected chi connectivity index (χ0v) is 13.0. The zero-order chi connectivity index (χ0) is 15.7. The molecule has 0 bridgehead atoms. The van der Waals surface area contributed by atoms with Crippen molar-refractivity contribution in [3.05, 3.63) is 0 Å². The zero-order valence-electron chi connectivity index (χ0n) is 13.0. The number of imide groups is 1. The molecule has 0 atom stereocenters. The quantitative estimate of drug-likeness (QED) is 0.692. The van der Waals surface area contributed by atoms with Crippen LogP contribution in [-0.4, -0.2) is 41.5 Å². The average molecular weight is 296 g/mol. The fourth-order valence-corrected chi connectivity index (χ4v) is 2.94. The minimum atomic E-state index is -0.516. The maximum absolute atomic E-state index is 12.2. The van der Waals surface area contributed by atoms with Gasteiger partial charge in [0, 0.05) is 19.5 Å². The smallest absolute Gasteiger partial charge is 0.410 e. The summed E-state index contributed by atoms with van der Waals surface area (Å²) in [6, 6.07) is 0. The van der Waals surface area contributed by atoms with E-state index in [2.05, 4.69) is 5.32 Å². The van der Waals surface area contributed by atoms with Crippen LogP contribution in [0.3, 0.4) is 0 Å². The van der Waals surface area contributed by atoms with Crippen LogP contribution in [0.15, 0.2) is 0 Å². The van der Waals surface area contributed by atoms with Gasteiger partial charge in [-0.3, -0.25) is 14.9 Å². The molecule has 118 valence electrons. The first-order valence-electron chi connectivity index (χ1n) is 7.54. The van der Waals surface area contributed by atoms with Gasteiger partial charge in [0.25, 0.3) is 0 Å². The molecule has 1 N–H and O–H groups in total. The summed E-state index contributed by atoms with van der Waals surface area (Å²) >= 11 is 0. The number of carbonyl (C=O) groups excluding carboxylic acids is 3. The molecular formula is C15H24N2O4. The predicted molar refractivity (Wildman–Crippen MR) is 76.5 cm³/mol. The molecule has 2 saturated heterocycles. The first-order chi connectivity index (χ1) is 9.72. The maximum Gasteiger partial charge on any atom is 0.410 e. The average Bonchev–Trinajstić information content (AvgIpc) is 2.49. The molecule has 0 aromatic carbocycles. The van der Waals surface area contributed by atoms with E-state index in [-0.39, 0.29) is 17.9 Å². The van der Waals surface area contributed by atoms with E-state index in [1.54, 1.807) is 4.90 Å². The van der Waals surface area contributed by atoms with E-state index in [0.29, 0.717) is 38.8 Å². The van der Waals surface area contributed by atoms with Crippen molar-refractivity contribution in [3.8, 4) is 0 Å². The highest BCUT2D eigenvalue weighted by atomic mass is 16.6. The van der Waals surface area contributed by atoms with Crippen LogP contribution >= 0.6 is 0 Å². The number of carbonyl (C=O) groups is 3. The van der Waals surface area contributed by atoms with Crippen LogP contribution in [0.5, 0.6) is 0 Å². The van der Waals surface area contributed by atoms with Crippen molar-refractivity contribution in [3.63, 3.8) is 0 Å². The van der Waals surface area contributed by atoms with Gasteiger partial charge < -0.3 is 9.64 Å². The number of nitrogens with zero attached hydrogens (tertiary/aromatic N) is 1. The van der Waals surface area contributed by atoms with Gasteiger partial charge in [0.1, 0.15) is 5.60 Å². The fraction of sp³-hybridized carbons (Fsp3) is 0.800. The van der Waals surface area contributed by atoms with Gasteiger partial charge in [-0.05, 0) is 46.5 Å². The van der Waals surface area contributed by atoms with Gasteiger partial charge in [-0.1, -0.05) is 0 Å². The van der Waals surface area contributed by atoms with Gasteiger partial charge >= 0.3 is 6.09 Å². The predicted octanol–water partition coefficient (Wildman–Crippen LogP) is 1.83. The first kappa shape index (κ1) is 15.8. The molecule has 2 rings (SSSR count). The van der Waals surface area contributed by atoms with Crippen LogP contribution in [0.25, 0.3) is 0 Å². The van der Waals surface area contributed by atoms with Gasteiger partial charge in [0.05, 0.1) is 5.41 Å². The second-order valence-corrected chi connectivity index (χ2v) is 6.98. The van der Waals surface area contributed by atoms with Crippen molar-refractivity contribution in [2.45, 2.75) is 58.5 Å². The molecule has 0 aromatic rings. The monoisotopic (exact) mass is 296 g/mol. The van der Waals surface area contributed by atoms with E-state index >= 15 is 0 Å². The third-order valence-electron chi connectivity index (χ3n) is 4.17. The van der Waals surface area contributed by atoms with Gasteiger partial charge in [0.2, 0.25) is 11.8 Å². The molecule has 0 unspecified atom stereocenters. The van der Waals surface area contributed by atoms with Crippen molar-refractivity contribution in [2.75, 3.05) is 13.1 Å². The standard InChI is InChI=1S/C15H24N2O4/c1-14(2,3)21-13(20)17-9-7-15(8-10-17)6-4-5-11(18)16-12(15)19/h4-10H2,1-3H3,(H,16,18,19). The molecule has 0 aliphatic carbocycles. The molecule has 2 aliphatic rings. The number of amides is 3. The molecule has 0 aromatic heterocycles. The van der Waals surface area contributed by atoms with E-state index in [1.165, 1.54) is 0 Å². The van der Waals surface area contributed by atoms with E-state index in [9.17, 15) is 14.4 Å². The lowest BCUT2D eigenvalue weighted by atomic mass is 9.74. The second-order valence-electron chi connectivity index (χ2n) is 6.98. The Kier molecular flexibility index (Phi) is 4.25. The maximum atomic E-state index is 12.2. The van der Waals surface area contributed by atoms with Gasteiger partial charge in [-0.25, -0.2) is 4.79 Å². The van der Waals surface area contributed by atoms with E-state index in [0.717, 1.165) is 6.42 Å². The molecule has 21 heavy (non-hydrogen) atoms. The number of rotatable bonds is 0. The number of piperidine rings is 1. The lowest BCUT2D eigenvalue weighted by Crippen LogP contribution is -2.50. The molecule has 0 saturated carbocycles. The van der Waals surface area contributed by atoms with Crippen molar-refractivity contribution in [1.82, 2.24) is 10.2 Å². The minimum Gasteiger partial charge on any atom is -0.444 e. The Bertz CT molecular complexity index is 445. The SMILES string of the molecule is CC(C)(C)OC(=O)N1CCC2(CCCC(=O)NC2=O)CC1. The molecule has 2 aliphatic heterocycles. The van der Waals surface area contributed by atoms with Crippen molar-refractivity contribution >= 4 is 17.9 Å². The Labute approximate surface area is 125 Å². The fourth-order valence-electron chi connectivity index (χ4n) is 2.94. The van der Waals surface area contributed by atoms with Crippen LogP contribution in [0.2, 0.25) is 0 Å². The Morgan fingerprint density at radius 1 is 1.19 bits per heavy atom. The van der Waals surface area contributed by atoms with Crippen molar-refractivity contribution in [2.24, 2.45) is 5.41 Å². The van der Waals surface area contributed by atoms with Gasteiger partial charge in [-0.15, -0.1) is 0 Å². The van der Waals surface area contributed by atoms with E-state index in [4.69, 9.17) is 4.74 Å². The van der Waals surface area contributed by atoms with Crippen molar-refractivity contribution < 1.29 is 19.1 Å². The summed E-state index contributed by atoms with van der Waals surface area (Å²) in [5.41, 5.74) is -1.01. The summed E-state index contributed by atoms with van der Waals surface area (Å²) in [5.74, 6) is -0.361. The van der Waals surface area contributed by atoms with E-state index in [1.807, 2.05) is 20.8 Å². The van der Waals surface area contributed by atoms with Crippen LogP contribution in [0, 0.1) is 5.41 Å². The molecule has 0 radical (unpaired) electrons. The molecule has 6 heteroatoms. The Morgan fingerprint density at radius 3 is 2.38 bits per heavy atom. The van der Waals surface area contributed by atoms with Crippen LogP contribution in [0.4, 0.5) is 4.79 Å². The highest BCUT2D eigenvalue weighted by molar-refractivity contribution is 5.99. The minimum absolute atomic E-state index is 0.172. The summed E-state index contributed by atoms with van der Waals surface area (Å²) in [6.07, 6.45) is 2.69. The molecule has 2 fully saturated rings. The normalized spacial score (nSPS) is 22.7. The number of nitrogens with one attached hydrogen (secondary N) is 1. The summed E-state index contributed by atoms with van der Waals surface area (Å²) < 4.78 is 5.35. The lowest BCUT2D eigenvalue weighted by Gasteiger charge is -2.40. The summed E-state index contributed by atoms with van der Waals surface area (Å²) in [6.45, 7) is 6.50. The van der Waals surface area contributed by atoms with Crippen LogP contribution in [0.1, 0.15) is 52.9 Å². The first-order valence-corrected chi connectivity index (χ1v) is 7.54.